The van der Waals surface area contributed by atoms with Gasteiger partial charge >= 0.3 is 5.97 Å². The quantitative estimate of drug-likeness (QED) is 0.775. The first-order valence-corrected chi connectivity index (χ1v) is 5.43. The molecule has 0 spiro atoms. The van der Waals surface area contributed by atoms with Crippen molar-refractivity contribution in [3.05, 3.63) is 0 Å². The lowest BCUT2D eigenvalue weighted by Crippen LogP contribution is -2.50. The first-order chi connectivity index (χ1) is 7.32. The molecule has 16 heavy (non-hydrogen) atoms. The number of hydrogen-bond donors (Lipinski definition) is 1. The highest BCUT2D eigenvalue weighted by atomic mass is 16.5. The van der Waals surface area contributed by atoms with E-state index in [-0.39, 0.29) is 18.4 Å². The highest BCUT2D eigenvalue weighted by Gasteiger charge is 2.34. The lowest BCUT2D eigenvalue weighted by Gasteiger charge is -2.35. The van der Waals surface area contributed by atoms with Crippen molar-refractivity contribution in [1.29, 1.82) is 0 Å². The Kier molecular flexibility index (Phi) is 3.91. The molecular formula is C11H19NO4. The van der Waals surface area contributed by atoms with Crippen molar-refractivity contribution < 1.29 is 19.4 Å². The van der Waals surface area contributed by atoms with E-state index in [2.05, 4.69) is 0 Å². The Balaban J connectivity index is 2.75. The van der Waals surface area contributed by atoms with E-state index < -0.39 is 11.5 Å². The molecule has 0 aliphatic carbocycles. The van der Waals surface area contributed by atoms with Crippen molar-refractivity contribution in [2.45, 2.75) is 32.7 Å². The second kappa shape index (κ2) is 4.82. The summed E-state index contributed by atoms with van der Waals surface area (Å²) in [5, 5.41) is 8.81. The summed E-state index contributed by atoms with van der Waals surface area (Å²) in [5.41, 5.74) is -0.474. The van der Waals surface area contributed by atoms with Gasteiger partial charge in [-0.25, -0.2) is 0 Å². The average Bonchev–Trinajstić information content (AvgIpc) is 2.63. The van der Waals surface area contributed by atoms with Crippen LogP contribution in [-0.2, 0) is 14.3 Å². The Bertz CT molecular complexity index is 276. The Morgan fingerprint density at radius 2 is 2.06 bits per heavy atom. The number of aliphatic carboxylic acids is 1. The van der Waals surface area contributed by atoms with Crippen molar-refractivity contribution >= 4 is 11.9 Å². The number of ether oxygens (including phenoxy) is 1. The molecule has 1 aliphatic heterocycles. The topological polar surface area (TPSA) is 66.8 Å². The second-order valence-electron chi connectivity index (χ2n) is 5.05. The van der Waals surface area contributed by atoms with E-state index in [1.165, 1.54) is 4.90 Å². The van der Waals surface area contributed by atoms with E-state index in [1.807, 2.05) is 20.8 Å². The van der Waals surface area contributed by atoms with Gasteiger partial charge in [0.2, 0.25) is 5.91 Å². The zero-order valence-corrected chi connectivity index (χ0v) is 10.0. The number of carboxylic acid groups (broad SMARTS) is 1. The fourth-order valence-electron chi connectivity index (χ4n) is 1.73. The fourth-order valence-corrected chi connectivity index (χ4v) is 1.73. The molecule has 92 valence electrons. The number of carbonyl (C=O) groups excluding carboxylic acids is 1. The van der Waals surface area contributed by atoms with Crippen LogP contribution < -0.4 is 0 Å². The standard InChI is InChI=1S/C11H19NO4/c1-11(2,3)12(6-9(13)14)10(15)8-4-5-16-7-8/h8H,4-7H2,1-3H3,(H,13,14). The van der Waals surface area contributed by atoms with Gasteiger partial charge in [0, 0.05) is 12.1 Å². The molecule has 1 fully saturated rings. The molecule has 0 bridgehead atoms. The maximum Gasteiger partial charge on any atom is 0.323 e. The third kappa shape index (κ3) is 3.20. The lowest BCUT2D eigenvalue weighted by molar-refractivity contribution is -0.150. The zero-order chi connectivity index (χ0) is 12.3. The molecule has 1 heterocycles. The lowest BCUT2D eigenvalue weighted by atomic mass is 10.0. The van der Waals surface area contributed by atoms with Gasteiger partial charge in [0.15, 0.2) is 0 Å². The minimum Gasteiger partial charge on any atom is -0.480 e. The summed E-state index contributed by atoms with van der Waals surface area (Å²) in [6.07, 6.45) is 0.686. The Labute approximate surface area is 95.4 Å². The molecule has 0 aromatic heterocycles. The van der Waals surface area contributed by atoms with Crippen LogP contribution in [0.2, 0.25) is 0 Å². The molecule has 0 radical (unpaired) electrons. The van der Waals surface area contributed by atoms with Gasteiger partial charge in [-0.15, -0.1) is 0 Å². The van der Waals surface area contributed by atoms with E-state index in [0.29, 0.717) is 19.6 Å². The van der Waals surface area contributed by atoms with Crippen molar-refractivity contribution in [3.63, 3.8) is 0 Å². The van der Waals surface area contributed by atoms with Crippen molar-refractivity contribution in [1.82, 2.24) is 4.90 Å². The van der Waals surface area contributed by atoms with Crippen LogP contribution in [-0.4, -0.2) is 47.2 Å². The predicted molar refractivity (Wildman–Crippen MR) is 58.0 cm³/mol. The summed E-state index contributed by atoms with van der Waals surface area (Å²) >= 11 is 0. The molecule has 1 rings (SSSR count). The molecular weight excluding hydrogens is 210 g/mol. The highest BCUT2D eigenvalue weighted by Crippen LogP contribution is 2.21. The van der Waals surface area contributed by atoms with Crippen LogP contribution in [0.1, 0.15) is 27.2 Å². The van der Waals surface area contributed by atoms with Crippen LogP contribution in [0.5, 0.6) is 0 Å². The van der Waals surface area contributed by atoms with Gasteiger partial charge in [-0.2, -0.15) is 0 Å². The summed E-state index contributed by atoms with van der Waals surface area (Å²) in [5.74, 6) is -1.28. The predicted octanol–water partition coefficient (Wildman–Crippen LogP) is 0.735. The van der Waals surface area contributed by atoms with Crippen LogP contribution in [0.15, 0.2) is 0 Å². The number of carbonyl (C=O) groups is 2. The maximum absolute atomic E-state index is 12.1. The van der Waals surface area contributed by atoms with E-state index in [1.54, 1.807) is 0 Å². The number of rotatable bonds is 3. The SMILES string of the molecule is CC(C)(C)N(CC(=O)O)C(=O)C1CCOC1. The van der Waals surface area contributed by atoms with E-state index in [9.17, 15) is 9.59 Å². The third-order valence-electron chi connectivity index (χ3n) is 2.65. The summed E-state index contributed by atoms with van der Waals surface area (Å²) < 4.78 is 5.15. The van der Waals surface area contributed by atoms with E-state index in [0.717, 1.165) is 0 Å². The van der Waals surface area contributed by atoms with Crippen LogP contribution in [0.3, 0.4) is 0 Å². The molecule has 1 unspecified atom stereocenters. The van der Waals surface area contributed by atoms with Crippen molar-refractivity contribution in [2.24, 2.45) is 5.92 Å². The average molecular weight is 229 g/mol. The van der Waals surface area contributed by atoms with Gasteiger partial charge in [-0.1, -0.05) is 0 Å². The van der Waals surface area contributed by atoms with Gasteiger partial charge in [-0.05, 0) is 27.2 Å². The molecule has 0 saturated carbocycles. The smallest absolute Gasteiger partial charge is 0.323 e. The summed E-state index contributed by atoms with van der Waals surface area (Å²) in [7, 11) is 0. The summed E-state index contributed by atoms with van der Waals surface area (Å²) in [6.45, 7) is 6.25. The Morgan fingerprint density at radius 1 is 1.44 bits per heavy atom. The van der Waals surface area contributed by atoms with E-state index in [4.69, 9.17) is 9.84 Å². The van der Waals surface area contributed by atoms with Gasteiger partial charge in [0.25, 0.3) is 0 Å². The molecule has 0 aromatic carbocycles. The Morgan fingerprint density at radius 3 is 2.44 bits per heavy atom. The normalized spacial score (nSPS) is 20.8. The van der Waals surface area contributed by atoms with Gasteiger partial charge < -0.3 is 14.7 Å². The highest BCUT2D eigenvalue weighted by molar-refractivity contribution is 5.84. The molecule has 1 N–H and O–H groups in total. The van der Waals surface area contributed by atoms with Crippen molar-refractivity contribution in [2.75, 3.05) is 19.8 Å². The monoisotopic (exact) mass is 229 g/mol. The number of amides is 1. The molecule has 1 atom stereocenters. The summed E-state index contributed by atoms with van der Waals surface area (Å²) in [6, 6.07) is 0. The molecule has 0 aromatic rings. The van der Waals surface area contributed by atoms with Crippen LogP contribution in [0.25, 0.3) is 0 Å². The van der Waals surface area contributed by atoms with Gasteiger partial charge in [0.05, 0.1) is 12.5 Å². The summed E-state index contributed by atoms with van der Waals surface area (Å²) in [4.78, 5) is 24.3. The molecule has 1 amide bonds. The Hall–Kier alpha value is -1.10. The zero-order valence-electron chi connectivity index (χ0n) is 10.0. The molecule has 5 nitrogen and oxygen atoms in total. The maximum atomic E-state index is 12.1. The van der Waals surface area contributed by atoms with Gasteiger partial charge in [0.1, 0.15) is 6.54 Å². The van der Waals surface area contributed by atoms with Gasteiger partial charge in [-0.3, -0.25) is 9.59 Å². The van der Waals surface area contributed by atoms with Crippen molar-refractivity contribution in [3.8, 4) is 0 Å². The first kappa shape index (κ1) is 13.0. The van der Waals surface area contributed by atoms with Crippen LogP contribution in [0.4, 0.5) is 0 Å². The third-order valence-corrected chi connectivity index (χ3v) is 2.65. The largest absolute Gasteiger partial charge is 0.480 e. The number of carboxylic acids is 1. The number of nitrogens with zero attached hydrogens (tertiary/aromatic N) is 1. The fraction of sp³-hybridized carbons (Fsp3) is 0.818. The van der Waals surface area contributed by atoms with Crippen LogP contribution in [0, 0.1) is 5.92 Å². The first-order valence-electron chi connectivity index (χ1n) is 5.43. The van der Waals surface area contributed by atoms with Crippen LogP contribution >= 0.6 is 0 Å². The number of hydrogen-bond acceptors (Lipinski definition) is 3. The van der Waals surface area contributed by atoms with E-state index >= 15 is 0 Å². The second-order valence-corrected chi connectivity index (χ2v) is 5.05. The molecule has 5 heteroatoms. The minimum atomic E-state index is -0.984. The molecule has 1 aliphatic rings. The molecule has 1 saturated heterocycles. The minimum absolute atomic E-state index is 0.118.